The van der Waals surface area contributed by atoms with Gasteiger partial charge in [0.05, 0.1) is 45.0 Å². The Labute approximate surface area is 392 Å². The molecule has 0 fully saturated rings. The zero-order valence-corrected chi connectivity index (χ0v) is 37.0. The van der Waals surface area contributed by atoms with E-state index in [2.05, 4.69) is 243 Å². The van der Waals surface area contributed by atoms with Crippen LogP contribution in [0, 0.1) is 0 Å². The normalized spacial score (nSPS) is 14.0. The molecule has 0 N–H and O–H groups in total. The second-order valence-corrected chi connectivity index (χ2v) is 17.7. The minimum atomic E-state index is -0.00432. The van der Waals surface area contributed by atoms with Crippen LogP contribution in [0.2, 0.25) is 0 Å². The highest BCUT2D eigenvalue weighted by Gasteiger charge is 2.29. The number of aromatic nitrogens is 6. The molecule has 0 spiro atoms. The van der Waals surface area contributed by atoms with Crippen molar-refractivity contribution in [2.45, 2.75) is 12.5 Å². The van der Waals surface area contributed by atoms with Crippen LogP contribution >= 0.6 is 0 Å². The zero-order valence-electron chi connectivity index (χ0n) is 37.0. The van der Waals surface area contributed by atoms with Gasteiger partial charge in [0.15, 0.2) is 11.6 Å². The topological polar surface area (TPSA) is 45.5 Å². The number of benzene rings is 9. The fourth-order valence-electron chi connectivity index (χ4n) is 11.3. The third kappa shape index (κ3) is 5.64. The van der Waals surface area contributed by atoms with Crippen molar-refractivity contribution in [1.29, 1.82) is 0 Å². The lowest BCUT2D eigenvalue weighted by Gasteiger charge is -2.28. The van der Waals surface area contributed by atoms with Crippen LogP contribution in [0.4, 0.5) is 0 Å². The van der Waals surface area contributed by atoms with Gasteiger partial charge in [-0.1, -0.05) is 188 Å². The number of hydrogen-bond acceptors (Lipinski definition) is 2. The predicted octanol–water partition coefficient (Wildman–Crippen LogP) is 15.5. The van der Waals surface area contributed by atoms with Crippen LogP contribution in [0.15, 0.2) is 237 Å². The van der Waals surface area contributed by atoms with Crippen molar-refractivity contribution in [3.63, 3.8) is 0 Å². The van der Waals surface area contributed by atoms with Crippen LogP contribution in [0.3, 0.4) is 0 Å². The lowest BCUT2D eigenvalue weighted by molar-refractivity contribution is 0.665. The van der Waals surface area contributed by atoms with Crippen LogP contribution in [0.25, 0.3) is 111 Å². The second kappa shape index (κ2) is 15.3. The first-order chi connectivity index (χ1) is 33.8. The molecule has 0 bridgehead atoms. The molecule has 13 aromatic rings. The highest BCUT2D eigenvalue weighted by molar-refractivity contribution is 6.26. The summed E-state index contributed by atoms with van der Waals surface area (Å²) < 4.78 is 9.83. The summed E-state index contributed by atoms with van der Waals surface area (Å²) in [5.41, 5.74) is 14.8. The van der Waals surface area contributed by atoms with Gasteiger partial charge in [0.2, 0.25) is 0 Å². The molecule has 0 amide bonds. The summed E-state index contributed by atoms with van der Waals surface area (Å²) in [6.45, 7) is 0. The SMILES string of the molecule is C1=CCC(n2c3ccccc3c3c4c(ccc32)c2ccccc2n4-c2ccccc2)C(c2ccccc2-n2c3ccccc3c3cccc(-n4c(-c5ccccc5)nnc4-c4ccccc4)c32)=C1. The van der Waals surface area contributed by atoms with Crippen molar-refractivity contribution in [1.82, 2.24) is 28.5 Å². The van der Waals surface area contributed by atoms with Crippen LogP contribution in [0.5, 0.6) is 0 Å². The lowest BCUT2D eigenvalue weighted by atomic mass is 9.90. The number of hydrogen-bond donors (Lipinski definition) is 0. The van der Waals surface area contributed by atoms with Crippen LogP contribution in [0.1, 0.15) is 18.0 Å². The molecule has 320 valence electrons. The highest BCUT2D eigenvalue weighted by atomic mass is 15.3. The van der Waals surface area contributed by atoms with Gasteiger partial charge in [-0.2, -0.15) is 0 Å². The monoisotopic (exact) mass is 870 g/mol. The Balaban J connectivity index is 1.03. The second-order valence-electron chi connectivity index (χ2n) is 17.7. The smallest absolute Gasteiger partial charge is 0.168 e. The highest BCUT2D eigenvalue weighted by Crippen LogP contribution is 2.47. The summed E-state index contributed by atoms with van der Waals surface area (Å²) in [5.74, 6) is 1.57. The number of allylic oxidation sites excluding steroid dienone is 4. The van der Waals surface area contributed by atoms with E-state index in [9.17, 15) is 0 Å². The lowest BCUT2D eigenvalue weighted by Crippen LogP contribution is -2.14. The summed E-state index contributed by atoms with van der Waals surface area (Å²) in [6.07, 6.45) is 7.77. The molecule has 1 aliphatic rings. The minimum absolute atomic E-state index is 0.00432. The average Bonchev–Trinajstić information content (AvgIpc) is 4.18. The summed E-state index contributed by atoms with van der Waals surface area (Å²) in [6, 6.07) is 78.6. The molecule has 0 saturated heterocycles. The van der Waals surface area contributed by atoms with Crippen molar-refractivity contribution in [3.05, 3.63) is 242 Å². The maximum Gasteiger partial charge on any atom is 0.168 e. The van der Waals surface area contributed by atoms with E-state index < -0.39 is 0 Å². The molecule has 1 unspecified atom stereocenters. The van der Waals surface area contributed by atoms with Gasteiger partial charge in [-0.05, 0) is 60.5 Å². The Morgan fingerprint density at radius 2 is 0.926 bits per heavy atom. The van der Waals surface area contributed by atoms with E-state index in [0.717, 1.165) is 62.7 Å². The van der Waals surface area contributed by atoms with E-state index in [1.54, 1.807) is 0 Å². The molecule has 4 aromatic heterocycles. The zero-order chi connectivity index (χ0) is 44.7. The fraction of sp³-hybridized carbons (Fsp3) is 0.0323. The van der Waals surface area contributed by atoms with Crippen LogP contribution in [-0.2, 0) is 0 Å². The van der Waals surface area contributed by atoms with E-state index in [-0.39, 0.29) is 6.04 Å². The number of para-hydroxylation sites is 6. The Morgan fingerprint density at radius 1 is 0.382 bits per heavy atom. The van der Waals surface area contributed by atoms with Crippen molar-refractivity contribution in [2.24, 2.45) is 0 Å². The van der Waals surface area contributed by atoms with Gasteiger partial charge in [-0.15, -0.1) is 10.2 Å². The maximum atomic E-state index is 4.92. The Kier molecular flexibility index (Phi) is 8.61. The van der Waals surface area contributed by atoms with Crippen molar-refractivity contribution >= 4 is 71.0 Å². The molecule has 1 aliphatic carbocycles. The molecular weight excluding hydrogens is 829 g/mol. The molecule has 14 rings (SSSR count). The molecule has 0 saturated carbocycles. The summed E-state index contributed by atoms with van der Waals surface area (Å²) in [4.78, 5) is 0. The Hall–Kier alpha value is -9.00. The number of rotatable bonds is 7. The standard InChI is InChI=1S/C62H42N6/c1-4-21-41(22-5-1)61-63-64-62(42-23-6-2-7-24-42)68(61)57-38-20-32-48-46-29-13-18-36-54(46)67(59(48)57)53-35-17-11-28-45(53)44-27-10-16-34-52(44)66-55-37-19-14-31-50(55)58-56(66)40-39-49-47-30-12-15-33-51(47)65(60(49)58)43-25-8-3-9-26-43/h1-33,35-40,52H,34H2. The summed E-state index contributed by atoms with van der Waals surface area (Å²) in [5, 5.41) is 17.2. The molecule has 6 nitrogen and oxygen atoms in total. The van der Waals surface area contributed by atoms with Gasteiger partial charge in [-0.3, -0.25) is 4.57 Å². The Morgan fingerprint density at radius 3 is 1.63 bits per heavy atom. The predicted molar refractivity (Wildman–Crippen MR) is 281 cm³/mol. The fourth-order valence-corrected chi connectivity index (χ4v) is 11.3. The van der Waals surface area contributed by atoms with Gasteiger partial charge in [0.25, 0.3) is 0 Å². The largest absolute Gasteiger partial charge is 0.332 e. The molecule has 9 aromatic carbocycles. The first kappa shape index (κ1) is 38.3. The quantitative estimate of drug-likeness (QED) is 0.160. The third-order valence-corrected chi connectivity index (χ3v) is 14.1. The van der Waals surface area contributed by atoms with Crippen molar-refractivity contribution < 1.29 is 0 Å². The van der Waals surface area contributed by atoms with Gasteiger partial charge in [0.1, 0.15) is 0 Å². The minimum Gasteiger partial charge on any atom is -0.332 e. The number of fused-ring (bicyclic) bond motifs is 10. The van der Waals surface area contributed by atoms with Crippen molar-refractivity contribution in [3.8, 4) is 39.8 Å². The molecular formula is C62H42N6. The van der Waals surface area contributed by atoms with E-state index in [4.69, 9.17) is 10.2 Å². The number of nitrogens with zero attached hydrogens (tertiary/aromatic N) is 6. The first-order valence-corrected chi connectivity index (χ1v) is 23.4. The van der Waals surface area contributed by atoms with Crippen LogP contribution < -0.4 is 0 Å². The molecule has 0 aliphatic heterocycles. The summed E-state index contributed by atoms with van der Waals surface area (Å²) >= 11 is 0. The first-order valence-electron chi connectivity index (χ1n) is 23.4. The van der Waals surface area contributed by atoms with Gasteiger partial charge in [0, 0.05) is 60.2 Å². The van der Waals surface area contributed by atoms with Crippen molar-refractivity contribution in [2.75, 3.05) is 0 Å². The van der Waals surface area contributed by atoms with Crippen LogP contribution in [-0.4, -0.2) is 28.5 Å². The van der Waals surface area contributed by atoms with Gasteiger partial charge < -0.3 is 13.7 Å². The van der Waals surface area contributed by atoms with E-state index in [1.165, 1.54) is 60.1 Å². The molecule has 1 atom stereocenters. The third-order valence-electron chi connectivity index (χ3n) is 14.1. The van der Waals surface area contributed by atoms with E-state index in [0.29, 0.717) is 0 Å². The van der Waals surface area contributed by atoms with Gasteiger partial charge >= 0.3 is 0 Å². The summed E-state index contributed by atoms with van der Waals surface area (Å²) in [7, 11) is 0. The maximum absolute atomic E-state index is 4.92. The van der Waals surface area contributed by atoms with Gasteiger partial charge in [-0.25, -0.2) is 0 Å². The average molecular weight is 871 g/mol. The molecule has 6 heteroatoms. The van der Waals surface area contributed by atoms with E-state index in [1.807, 2.05) is 12.1 Å². The Bertz CT molecular complexity index is 4110. The van der Waals surface area contributed by atoms with E-state index >= 15 is 0 Å². The molecule has 4 heterocycles. The molecule has 68 heavy (non-hydrogen) atoms. The molecule has 0 radical (unpaired) electrons.